The van der Waals surface area contributed by atoms with Gasteiger partial charge in [0.05, 0.1) is 18.0 Å². The van der Waals surface area contributed by atoms with Crippen molar-refractivity contribution in [2.24, 2.45) is 10.9 Å². The predicted octanol–water partition coefficient (Wildman–Crippen LogP) is 1.93. The van der Waals surface area contributed by atoms with Gasteiger partial charge in [0.25, 0.3) is 0 Å². The lowest BCUT2D eigenvalue weighted by molar-refractivity contribution is 0.843. The first-order chi connectivity index (χ1) is 5.16. The first-order valence-electron chi connectivity index (χ1n) is 3.67. The van der Waals surface area contributed by atoms with Gasteiger partial charge in [-0.3, -0.25) is 0 Å². The maximum Gasteiger partial charge on any atom is 0.0661 e. The molecule has 0 aliphatic heterocycles. The Hall–Kier alpha value is -0.580. The third kappa shape index (κ3) is 7.32. The van der Waals surface area contributed by atoms with Crippen molar-refractivity contribution in [2.75, 3.05) is 5.75 Å². The Morgan fingerprint density at radius 3 is 2.55 bits per heavy atom. The fourth-order valence-electron chi connectivity index (χ4n) is 0.375. The van der Waals surface area contributed by atoms with E-state index in [1.54, 1.807) is 0 Å². The molecule has 0 bridgehead atoms. The molecule has 0 saturated heterocycles. The van der Waals surface area contributed by atoms with Crippen LogP contribution in [0.2, 0.25) is 0 Å². The molecule has 0 amide bonds. The van der Waals surface area contributed by atoms with Crippen molar-refractivity contribution in [1.29, 1.82) is 5.26 Å². The van der Waals surface area contributed by atoms with E-state index in [1.165, 1.54) is 0 Å². The fraction of sp³-hybridized carbons (Fsp3) is 0.750. The SMILES string of the molecule is CC(C#N)C[SH]=C=NC(C)C. The Kier molecular flexibility index (Phi) is 5.83. The first kappa shape index (κ1) is 10.4. The summed E-state index contributed by atoms with van der Waals surface area (Å²) in [6.07, 6.45) is 0. The second kappa shape index (κ2) is 6.15. The first-order valence-corrected chi connectivity index (χ1v) is 4.75. The molecule has 62 valence electrons. The van der Waals surface area contributed by atoms with Crippen molar-refractivity contribution in [3.8, 4) is 6.07 Å². The van der Waals surface area contributed by atoms with Crippen molar-refractivity contribution in [1.82, 2.24) is 0 Å². The zero-order valence-corrected chi connectivity index (χ0v) is 8.10. The van der Waals surface area contributed by atoms with Crippen molar-refractivity contribution in [2.45, 2.75) is 26.8 Å². The molecular formula is C8H14N2S. The average molecular weight is 170 g/mol. The molecule has 0 heterocycles. The number of rotatable bonds is 3. The number of aliphatic imine (C=N–C) groups is 1. The lowest BCUT2D eigenvalue weighted by Gasteiger charge is -1.91. The topological polar surface area (TPSA) is 36.1 Å². The molecule has 2 nitrogen and oxygen atoms in total. The summed E-state index contributed by atoms with van der Waals surface area (Å²) in [4.78, 5) is 4.06. The van der Waals surface area contributed by atoms with E-state index in [9.17, 15) is 0 Å². The predicted molar refractivity (Wildman–Crippen MR) is 51.2 cm³/mol. The molecule has 0 spiro atoms. The van der Waals surface area contributed by atoms with Gasteiger partial charge < -0.3 is 0 Å². The second-order valence-corrected chi connectivity index (χ2v) is 3.58. The van der Waals surface area contributed by atoms with Gasteiger partial charge >= 0.3 is 0 Å². The third-order valence-electron chi connectivity index (χ3n) is 0.972. The molecule has 1 atom stereocenters. The van der Waals surface area contributed by atoms with Crippen LogP contribution in [0.1, 0.15) is 20.8 Å². The quantitative estimate of drug-likeness (QED) is 0.392. The monoisotopic (exact) mass is 170 g/mol. The van der Waals surface area contributed by atoms with Gasteiger partial charge in [0.2, 0.25) is 0 Å². The van der Waals surface area contributed by atoms with Crippen LogP contribution in [0.5, 0.6) is 0 Å². The highest BCUT2D eigenvalue weighted by Gasteiger charge is 1.92. The van der Waals surface area contributed by atoms with E-state index in [1.807, 2.05) is 20.8 Å². The normalized spacial score (nSPS) is 11.9. The molecule has 0 aromatic heterocycles. The van der Waals surface area contributed by atoms with E-state index < -0.39 is 0 Å². The van der Waals surface area contributed by atoms with Crippen LogP contribution >= 0.6 is 11.4 Å². The van der Waals surface area contributed by atoms with E-state index in [0.29, 0.717) is 6.04 Å². The number of hydrogen-bond acceptors (Lipinski definition) is 2. The summed E-state index contributed by atoms with van der Waals surface area (Å²) in [7, 11) is 0. The Morgan fingerprint density at radius 2 is 2.09 bits per heavy atom. The second-order valence-electron chi connectivity index (χ2n) is 2.69. The zero-order chi connectivity index (χ0) is 8.69. The molecule has 0 saturated carbocycles. The Balaban J connectivity index is 3.70. The minimum absolute atomic E-state index is 0.117. The van der Waals surface area contributed by atoms with Gasteiger partial charge in [0, 0.05) is 10.9 Å². The Labute approximate surface area is 71.9 Å². The van der Waals surface area contributed by atoms with E-state index >= 15 is 0 Å². The van der Waals surface area contributed by atoms with E-state index in [4.69, 9.17) is 5.26 Å². The van der Waals surface area contributed by atoms with E-state index in [-0.39, 0.29) is 5.92 Å². The summed E-state index contributed by atoms with van der Waals surface area (Å²) in [6.45, 7) is 5.93. The van der Waals surface area contributed by atoms with Crippen molar-refractivity contribution in [3.63, 3.8) is 0 Å². The molecule has 3 heteroatoms. The number of nitriles is 1. The fourth-order valence-corrected chi connectivity index (χ4v) is 1.12. The van der Waals surface area contributed by atoms with Crippen LogP contribution in [-0.2, 0) is 0 Å². The van der Waals surface area contributed by atoms with Gasteiger partial charge in [-0.15, -0.1) is 11.4 Å². The van der Waals surface area contributed by atoms with Crippen LogP contribution in [0.15, 0.2) is 4.99 Å². The van der Waals surface area contributed by atoms with Gasteiger partial charge in [-0.25, -0.2) is 4.99 Å². The molecule has 0 rings (SSSR count). The maximum atomic E-state index is 8.43. The highest BCUT2D eigenvalue weighted by atomic mass is 32.1. The molecule has 0 aromatic carbocycles. The highest BCUT2D eigenvalue weighted by molar-refractivity contribution is 7.97. The molecule has 1 unspecified atom stereocenters. The molecule has 0 aliphatic carbocycles. The lowest BCUT2D eigenvalue weighted by Crippen LogP contribution is -1.90. The molecule has 11 heavy (non-hydrogen) atoms. The number of hydrogen-bond donors (Lipinski definition) is 1. The zero-order valence-electron chi connectivity index (χ0n) is 7.20. The van der Waals surface area contributed by atoms with Gasteiger partial charge in [-0.1, -0.05) is 0 Å². The highest BCUT2D eigenvalue weighted by Crippen LogP contribution is 1.97. The summed E-state index contributed by atoms with van der Waals surface area (Å²) in [5.74, 6) is 0.957. The van der Waals surface area contributed by atoms with Crippen molar-refractivity contribution in [3.05, 3.63) is 0 Å². The summed E-state index contributed by atoms with van der Waals surface area (Å²) in [5, 5.41) is 11.3. The van der Waals surface area contributed by atoms with Gasteiger partial charge in [-0.05, 0) is 20.8 Å². The standard InChI is InChI=1S/C8H14N2S/c1-7(2)10-6-11-5-8(3)4-9/h7-8,11H,5H2,1-3H3. The molecule has 0 aromatic rings. The van der Waals surface area contributed by atoms with Crippen LogP contribution in [0.4, 0.5) is 0 Å². The number of isothiocyanates is 1. The van der Waals surface area contributed by atoms with Gasteiger partial charge in [0.1, 0.15) is 0 Å². The summed E-state index contributed by atoms with van der Waals surface area (Å²) < 4.78 is 0. The van der Waals surface area contributed by atoms with Crippen LogP contribution in [0.25, 0.3) is 0 Å². The minimum atomic E-state index is 0.117. The lowest BCUT2D eigenvalue weighted by atomic mass is 10.3. The molecule has 0 radical (unpaired) electrons. The molecule has 0 fully saturated rings. The van der Waals surface area contributed by atoms with Gasteiger partial charge in [-0.2, -0.15) is 5.26 Å². The summed E-state index contributed by atoms with van der Waals surface area (Å²) in [6, 6.07) is 2.48. The average Bonchev–Trinajstić information content (AvgIpc) is 1.97. The Morgan fingerprint density at radius 1 is 1.45 bits per heavy atom. The summed E-state index contributed by atoms with van der Waals surface area (Å²) >= 11 is 1.02. The third-order valence-corrected chi connectivity index (χ3v) is 1.96. The van der Waals surface area contributed by atoms with E-state index in [0.717, 1.165) is 17.1 Å². The number of thiol groups is 1. The van der Waals surface area contributed by atoms with Crippen molar-refractivity contribution < 1.29 is 0 Å². The van der Waals surface area contributed by atoms with Crippen LogP contribution in [0.3, 0.4) is 0 Å². The summed E-state index contributed by atoms with van der Waals surface area (Å²) in [5.41, 5.74) is 0. The van der Waals surface area contributed by atoms with Crippen molar-refractivity contribution >= 4 is 16.5 Å². The van der Waals surface area contributed by atoms with Gasteiger partial charge in [0.15, 0.2) is 0 Å². The molecule has 0 N–H and O–H groups in total. The largest absolute Gasteiger partial charge is 0.235 e. The molecular weight excluding hydrogens is 156 g/mol. The van der Waals surface area contributed by atoms with E-state index in [2.05, 4.69) is 16.2 Å². The molecule has 0 aliphatic rings. The number of nitrogens with zero attached hydrogens (tertiary/aromatic N) is 2. The van der Waals surface area contributed by atoms with Crippen LogP contribution in [0, 0.1) is 17.2 Å². The van der Waals surface area contributed by atoms with Crippen LogP contribution < -0.4 is 0 Å². The van der Waals surface area contributed by atoms with Crippen LogP contribution in [-0.4, -0.2) is 17.0 Å². The smallest absolute Gasteiger partial charge is 0.0661 e. The minimum Gasteiger partial charge on any atom is -0.235 e. The Bertz CT molecular complexity index is 197. The maximum absolute atomic E-state index is 8.43.